The maximum Gasteiger partial charge on any atom is 0.257 e. The van der Waals surface area contributed by atoms with E-state index in [9.17, 15) is 4.79 Å². The standard InChI is InChI=1S/C16H25N3O/c1-5-18-10-13-7-9-14-8-6-12(15(20)17-4)11-19(14)16(13,2)3/h6,8,11,13,18H,5,7,9-10H2,1-4H3/p+1. The fourth-order valence-corrected chi connectivity index (χ4v) is 3.09. The highest BCUT2D eigenvalue weighted by Crippen LogP contribution is 2.29. The SMILES string of the molecule is CCNCC1CCc2ccc(C(=O)NC)c[n+]2C1(C)C. The van der Waals surface area contributed by atoms with Crippen LogP contribution in [0.5, 0.6) is 0 Å². The van der Waals surface area contributed by atoms with Crippen molar-refractivity contribution in [3.63, 3.8) is 0 Å². The Labute approximate surface area is 121 Å². The van der Waals surface area contributed by atoms with E-state index < -0.39 is 0 Å². The van der Waals surface area contributed by atoms with Crippen LogP contribution in [0.15, 0.2) is 18.3 Å². The predicted octanol–water partition coefficient (Wildman–Crippen LogP) is 1.24. The van der Waals surface area contributed by atoms with Gasteiger partial charge in [0.05, 0.1) is 0 Å². The van der Waals surface area contributed by atoms with E-state index in [-0.39, 0.29) is 11.4 Å². The first-order valence-corrected chi connectivity index (χ1v) is 7.48. The van der Waals surface area contributed by atoms with Gasteiger partial charge in [0.25, 0.3) is 5.91 Å². The third-order valence-electron chi connectivity index (χ3n) is 4.53. The summed E-state index contributed by atoms with van der Waals surface area (Å²) < 4.78 is 2.29. The molecule has 0 aliphatic carbocycles. The van der Waals surface area contributed by atoms with E-state index in [2.05, 4.69) is 42.0 Å². The molecular weight excluding hydrogens is 250 g/mol. The van der Waals surface area contributed by atoms with Crippen molar-refractivity contribution in [2.45, 2.75) is 39.2 Å². The van der Waals surface area contributed by atoms with Crippen LogP contribution in [0.4, 0.5) is 0 Å². The molecule has 2 rings (SSSR count). The monoisotopic (exact) mass is 276 g/mol. The van der Waals surface area contributed by atoms with E-state index in [4.69, 9.17) is 0 Å². The molecule has 0 fully saturated rings. The molecule has 0 aromatic carbocycles. The van der Waals surface area contributed by atoms with Crippen LogP contribution in [0.1, 0.15) is 43.2 Å². The van der Waals surface area contributed by atoms with Crippen LogP contribution >= 0.6 is 0 Å². The van der Waals surface area contributed by atoms with Gasteiger partial charge in [-0.2, -0.15) is 4.57 Å². The van der Waals surface area contributed by atoms with Crippen LogP contribution in [0, 0.1) is 5.92 Å². The van der Waals surface area contributed by atoms with Gasteiger partial charge in [0.15, 0.2) is 17.4 Å². The van der Waals surface area contributed by atoms with Crippen LogP contribution in [0.25, 0.3) is 0 Å². The minimum atomic E-state index is -0.0232. The largest absolute Gasteiger partial charge is 0.355 e. The van der Waals surface area contributed by atoms with Gasteiger partial charge in [-0.25, -0.2) is 0 Å². The van der Waals surface area contributed by atoms with Crippen molar-refractivity contribution < 1.29 is 9.36 Å². The molecule has 0 bridgehead atoms. The normalized spacial score (nSPS) is 20.3. The molecule has 1 unspecified atom stereocenters. The van der Waals surface area contributed by atoms with Gasteiger partial charge in [-0.3, -0.25) is 4.79 Å². The lowest BCUT2D eigenvalue weighted by atomic mass is 9.79. The molecule has 1 aliphatic rings. The topological polar surface area (TPSA) is 45.0 Å². The summed E-state index contributed by atoms with van der Waals surface area (Å²) in [5.74, 6) is 0.560. The number of fused-ring (bicyclic) bond motifs is 1. The Balaban J connectivity index is 2.34. The minimum Gasteiger partial charge on any atom is -0.355 e. The third kappa shape index (κ3) is 2.70. The van der Waals surface area contributed by atoms with E-state index in [0.29, 0.717) is 5.92 Å². The van der Waals surface area contributed by atoms with Crippen LogP contribution in [-0.4, -0.2) is 26.0 Å². The van der Waals surface area contributed by atoms with Gasteiger partial charge in [-0.15, -0.1) is 0 Å². The summed E-state index contributed by atoms with van der Waals surface area (Å²) in [5.41, 5.74) is 2.07. The second-order valence-corrected chi connectivity index (χ2v) is 6.06. The molecular formula is C16H26N3O+. The number of nitrogens with zero attached hydrogens (tertiary/aromatic N) is 1. The number of hydrogen-bond donors (Lipinski definition) is 2. The summed E-state index contributed by atoms with van der Waals surface area (Å²) >= 11 is 0. The predicted molar refractivity (Wildman–Crippen MR) is 79.7 cm³/mol. The van der Waals surface area contributed by atoms with Crippen molar-refractivity contribution in [2.75, 3.05) is 20.1 Å². The van der Waals surface area contributed by atoms with Crippen molar-refractivity contribution in [1.82, 2.24) is 10.6 Å². The van der Waals surface area contributed by atoms with E-state index >= 15 is 0 Å². The lowest BCUT2D eigenvalue weighted by Crippen LogP contribution is -2.63. The molecule has 1 atom stereocenters. The molecule has 2 heterocycles. The molecule has 110 valence electrons. The molecule has 1 aromatic rings. The lowest BCUT2D eigenvalue weighted by molar-refractivity contribution is -0.777. The molecule has 1 aliphatic heterocycles. The Bertz CT molecular complexity index is 496. The van der Waals surface area contributed by atoms with Gasteiger partial charge in [-0.05, 0) is 19.0 Å². The summed E-state index contributed by atoms with van der Waals surface area (Å²) in [6, 6.07) is 4.02. The first kappa shape index (κ1) is 15.0. The molecule has 0 spiro atoms. The number of rotatable bonds is 4. The summed E-state index contributed by atoms with van der Waals surface area (Å²) in [7, 11) is 1.67. The number of nitrogens with one attached hydrogen (secondary N) is 2. The quantitative estimate of drug-likeness (QED) is 0.813. The zero-order chi connectivity index (χ0) is 14.8. The van der Waals surface area contributed by atoms with Gasteiger partial charge >= 0.3 is 0 Å². The van der Waals surface area contributed by atoms with Gasteiger partial charge < -0.3 is 10.6 Å². The Morgan fingerprint density at radius 3 is 2.85 bits per heavy atom. The molecule has 4 heteroatoms. The Morgan fingerprint density at radius 2 is 2.20 bits per heavy atom. The molecule has 1 amide bonds. The molecule has 0 saturated carbocycles. The number of carbonyl (C=O) groups excluding carboxylic acids is 1. The average molecular weight is 276 g/mol. The Kier molecular flexibility index (Phi) is 4.43. The highest BCUT2D eigenvalue weighted by atomic mass is 16.1. The van der Waals surface area contributed by atoms with Crippen LogP contribution in [0.2, 0.25) is 0 Å². The van der Waals surface area contributed by atoms with E-state index in [1.165, 1.54) is 12.1 Å². The summed E-state index contributed by atoms with van der Waals surface area (Å²) in [6.07, 6.45) is 4.28. The summed E-state index contributed by atoms with van der Waals surface area (Å²) in [4.78, 5) is 11.8. The zero-order valence-corrected chi connectivity index (χ0v) is 13.0. The third-order valence-corrected chi connectivity index (χ3v) is 4.53. The fraction of sp³-hybridized carbons (Fsp3) is 0.625. The maximum absolute atomic E-state index is 11.8. The average Bonchev–Trinajstić information content (AvgIpc) is 2.45. The van der Waals surface area contributed by atoms with E-state index in [0.717, 1.165) is 25.1 Å². The van der Waals surface area contributed by atoms with Gasteiger partial charge in [0.2, 0.25) is 0 Å². The van der Waals surface area contributed by atoms with Crippen LogP contribution in [-0.2, 0) is 12.0 Å². The maximum atomic E-state index is 11.8. The summed E-state index contributed by atoms with van der Waals surface area (Å²) in [5, 5.41) is 6.16. The lowest BCUT2D eigenvalue weighted by Gasteiger charge is -2.34. The Morgan fingerprint density at radius 1 is 1.45 bits per heavy atom. The van der Waals surface area contributed by atoms with Crippen LogP contribution in [0.3, 0.4) is 0 Å². The smallest absolute Gasteiger partial charge is 0.257 e. The van der Waals surface area contributed by atoms with Crippen molar-refractivity contribution in [2.24, 2.45) is 5.92 Å². The van der Waals surface area contributed by atoms with E-state index in [1.807, 2.05) is 12.3 Å². The van der Waals surface area contributed by atoms with Crippen molar-refractivity contribution in [1.29, 1.82) is 0 Å². The number of carbonyl (C=O) groups is 1. The second kappa shape index (κ2) is 5.92. The second-order valence-electron chi connectivity index (χ2n) is 6.06. The first-order valence-electron chi connectivity index (χ1n) is 7.48. The number of amides is 1. The molecule has 0 radical (unpaired) electrons. The number of pyridine rings is 1. The zero-order valence-electron chi connectivity index (χ0n) is 13.0. The molecule has 20 heavy (non-hydrogen) atoms. The van der Waals surface area contributed by atoms with Crippen molar-refractivity contribution in [3.8, 4) is 0 Å². The molecule has 0 saturated heterocycles. The summed E-state index contributed by atoms with van der Waals surface area (Å²) in [6.45, 7) is 8.71. The molecule has 2 N–H and O–H groups in total. The van der Waals surface area contributed by atoms with Gasteiger partial charge in [0, 0.05) is 45.8 Å². The number of hydrogen-bond acceptors (Lipinski definition) is 2. The van der Waals surface area contributed by atoms with Crippen molar-refractivity contribution >= 4 is 5.91 Å². The highest BCUT2D eigenvalue weighted by Gasteiger charge is 2.43. The van der Waals surface area contributed by atoms with Gasteiger partial charge in [0.1, 0.15) is 5.56 Å². The number of aryl methyl sites for hydroxylation is 1. The molecule has 4 nitrogen and oxygen atoms in total. The van der Waals surface area contributed by atoms with Gasteiger partial charge in [-0.1, -0.05) is 6.92 Å². The fourth-order valence-electron chi connectivity index (χ4n) is 3.09. The minimum absolute atomic E-state index is 0.0232. The highest BCUT2D eigenvalue weighted by molar-refractivity contribution is 5.93. The Hall–Kier alpha value is -1.42. The molecule has 1 aromatic heterocycles. The first-order chi connectivity index (χ1) is 9.50. The number of aromatic nitrogens is 1. The van der Waals surface area contributed by atoms with Crippen molar-refractivity contribution in [3.05, 3.63) is 29.6 Å². The van der Waals surface area contributed by atoms with E-state index in [1.54, 1.807) is 7.05 Å². The van der Waals surface area contributed by atoms with Crippen LogP contribution < -0.4 is 15.2 Å².